The molecule has 0 saturated heterocycles. The second-order valence-corrected chi connectivity index (χ2v) is 6.23. The SMILES string of the molecule is O=S(=O)(Oc1ccc(-n2cnnn2)cc1)c1cccc(Cl)c1. The lowest BCUT2D eigenvalue weighted by atomic mass is 10.3. The van der Waals surface area contributed by atoms with Gasteiger partial charge in [0.15, 0.2) is 0 Å². The molecule has 2 aromatic carbocycles. The van der Waals surface area contributed by atoms with E-state index in [1.165, 1.54) is 35.3 Å². The summed E-state index contributed by atoms with van der Waals surface area (Å²) in [6.45, 7) is 0. The molecule has 0 unspecified atom stereocenters. The number of halogens is 1. The van der Waals surface area contributed by atoms with Gasteiger partial charge in [-0.15, -0.1) is 5.10 Å². The van der Waals surface area contributed by atoms with Crippen molar-refractivity contribution in [1.29, 1.82) is 0 Å². The third-order valence-electron chi connectivity index (χ3n) is 2.74. The highest BCUT2D eigenvalue weighted by Crippen LogP contribution is 2.22. The van der Waals surface area contributed by atoms with Crippen LogP contribution in [-0.4, -0.2) is 28.6 Å². The van der Waals surface area contributed by atoms with Crippen LogP contribution in [0, 0.1) is 0 Å². The maximum Gasteiger partial charge on any atom is 0.339 e. The number of benzene rings is 2. The maximum atomic E-state index is 12.1. The Morgan fingerprint density at radius 1 is 1.09 bits per heavy atom. The van der Waals surface area contributed by atoms with E-state index in [0.29, 0.717) is 10.7 Å². The van der Waals surface area contributed by atoms with Crippen LogP contribution in [0.4, 0.5) is 0 Å². The molecule has 3 aromatic rings. The predicted molar refractivity (Wildman–Crippen MR) is 78.4 cm³/mol. The molecule has 0 aliphatic rings. The smallest absolute Gasteiger partial charge is 0.339 e. The minimum atomic E-state index is -3.93. The van der Waals surface area contributed by atoms with E-state index < -0.39 is 10.1 Å². The Bertz CT molecular complexity index is 880. The van der Waals surface area contributed by atoms with Crippen molar-refractivity contribution in [3.8, 4) is 11.4 Å². The fraction of sp³-hybridized carbons (Fsp3) is 0. The molecule has 0 amide bonds. The molecule has 0 N–H and O–H groups in total. The van der Waals surface area contributed by atoms with Crippen LogP contribution in [0.2, 0.25) is 5.02 Å². The van der Waals surface area contributed by atoms with Gasteiger partial charge in [0.2, 0.25) is 0 Å². The first-order chi connectivity index (χ1) is 10.5. The van der Waals surface area contributed by atoms with Gasteiger partial charge in [-0.25, -0.2) is 4.68 Å². The van der Waals surface area contributed by atoms with E-state index in [-0.39, 0.29) is 10.6 Å². The number of nitrogens with zero attached hydrogens (tertiary/aromatic N) is 4. The Labute approximate surface area is 131 Å². The first-order valence-corrected chi connectivity index (χ1v) is 7.87. The van der Waals surface area contributed by atoms with Gasteiger partial charge < -0.3 is 4.18 Å². The number of rotatable bonds is 4. The molecule has 0 spiro atoms. The quantitative estimate of drug-likeness (QED) is 0.678. The zero-order chi connectivity index (χ0) is 15.6. The monoisotopic (exact) mass is 336 g/mol. The van der Waals surface area contributed by atoms with Crippen LogP contribution in [-0.2, 0) is 10.1 Å². The summed E-state index contributed by atoms with van der Waals surface area (Å²) in [5.41, 5.74) is 0.678. The molecular formula is C13H9ClN4O3S. The van der Waals surface area contributed by atoms with Crippen molar-refractivity contribution >= 4 is 21.7 Å². The van der Waals surface area contributed by atoms with E-state index in [9.17, 15) is 8.42 Å². The summed E-state index contributed by atoms with van der Waals surface area (Å²) in [4.78, 5) is -0.00967. The molecule has 0 aliphatic carbocycles. The summed E-state index contributed by atoms with van der Waals surface area (Å²) in [5.74, 6) is 0.178. The zero-order valence-electron chi connectivity index (χ0n) is 11.0. The van der Waals surface area contributed by atoms with Gasteiger partial charge in [-0.2, -0.15) is 8.42 Å². The lowest BCUT2D eigenvalue weighted by Crippen LogP contribution is -2.09. The molecule has 3 rings (SSSR count). The Hall–Kier alpha value is -2.45. The second kappa shape index (κ2) is 5.74. The molecule has 0 atom stereocenters. The standard InChI is InChI=1S/C13H9ClN4O3S/c14-10-2-1-3-13(8-10)22(19,20)21-12-6-4-11(5-7-12)18-9-15-16-17-18/h1-9H. The second-order valence-electron chi connectivity index (χ2n) is 4.24. The highest BCUT2D eigenvalue weighted by molar-refractivity contribution is 7.87. The van der Waals surface area contributed by atoms with Crippen molar-refractivity contribution in [2.24, 2.45) is 0 Å². The van der Waals surface area contributed by atoms with Crippen molar-refractivity contribution in [3.63, 3.8) is 0 Å². The third-order valence-corrected chi connectivity index (χ3v) is 4.22. The lowest BCUT2D eigenvalue weighted by Gasteiger charge is -2.08. The van der Waals surface area contributed by atoms with Gasteiger partial charge in [0, 0.05) is 5.02 Å². The molecule has 0 radical (unpaired) electrons. The average Bonchev–Trinajstić information content (AvgIpc) is 3.02. The molecule has 0 aliphatic heterocycles. The van der Waals surface area contributed by atoms with Gasteiger partial charge in [-0.3, -0.25) is 0 Å². The molecule has 0 saturated carbocycles. The first kappa shape index (κ1) is 14.5. The molecule has 1 heterocycles. The van der Waals surface area contributed by atoms with E-state index in [2.05, 4.69) is 15.5 Å². The van der Waals surface area contributed by atoms with Gasteiger partial charge in [-0.05, 0) is 52.9 Å². The highest BCUT2D eigenvalue weighted by atomic mass is 35.5. The van der Waals surface area contributed by atoms with Crippen LogP contribution < -0.4 is 4.18 Å². The van der Waals surface area contributed by atoms with E-state index in [1.54, 1.807) is 24.3 Å². The van der Waals surface area contributed by atoms with Crippen LogP contribution in [0.15, 0.2) is 59.8 Å². The summed E-state index contributed by atoms with van der Waals surface area (Å²) in [6.07, 6.45) is 1.43. The minimum absolute atomic E-state index is 0.00967. The van der Waals surface area contributed by atoms with Crippen LogP contribution in [0.1, 0.15) is 0 Å². The normalized spacial score (nSPS) is 11.3. The van der Waals surface area contributed by atoms with Gasteiger partial charge in [0.1, 0.15) is 17.0 Å². The summed E-state index contributed by atoms with van der Waals surface area (Å²) in [6, 6.07) is 12.2. The highest BCUT2D eigenvalue weighted by Gasteiger charge is 2.17. The number of hydrogen-bond acceptors (Lipinski definition) is 6. The number of aromatic nitrogens is 4. The van der Waals surface area contributed by atoms with Crippen molar-refractivity contribution < 1.29 is 12.6 Å². The minimum Gasteiger partial charge on any atom is -0.379 e. The van der Waals surface area contributed by atoms with Crippen molar-refractivity contribution in [2.75, 3.05) is 0 Å². The van der Waals surface area contributed by atoms with Crippen molar-refractivity contribution in [3.05, 3.63) is 59.9 Å². The Balaban J connectivity index is 1.84. The molecule has 0 fully saturated rings. The van der Waals surface area contributed by atoms with Crippen molar-refractivity contribution in [1.82, 2.24) is 20.2 Å². The summed E-state index contributed by atoms with van der Waals surface area (Å²) < 4.78 is 30.8. The largest absolute Gasteiger partial charge is 0.379 e. The Morgan fingerprint density at radius 2 is 1.86 bits per heavy atom. The number of hydrogen-bond donors (Lipinski definition) is 0. The van der Waals surface area contributed by atoms with E-state index >= 15 is 0 Å². The fourth-order valence-electron chi connectivity index (χ4n) is 1.73. The van der Waals surface area contributed by atoms with Gasteiger partial charge >= 0.3 is 10.1 Å². The average molecular weight is 337 g/mol. The molecule has 112 valence electrons. The van der Waals surface area contributed by atoms with E-state index in [1.807, 2.05) is 0 Å². The molecular weight excluding hydrogens is 328 g/mol. The van der Waals surface area contributed by atoms with Gasteiger partial charge in [-0.1, -0.05) is 17.7 Å². The first-order valence-electron chi connectivity index (χ1n) is 6.08. The third kappa shape index (κ3) is 3.07. The molecule has 9 heteroatoms. The molecule has 1 aromatic heterocycles. The van der Waals surface area contributed by atoms with Gasteiger partial charge in [0.25, 0.3) is 0 Å². The van der Waals surface area contributed by atoms with E-state index in [4.69, 9.17) is 15.8 Å². The molecule has 22 heavy (non-hydrogen) atoms. The fourth-order valence-corrected chi connectivity index (χ4v) is 2.96. The van der Waals surface area contributed by atoms with Crippen LogP contribution >= 0.6 is 11.6 Å². The van der Waals surface area contributed by atoms with Crippen LogP contribution in [0.25, 0.3) is 5.69 Å². The summed E-state index contributed by atoms with van der Waals surface area (Å²) in [7, 11) is -3.93. The number of tetrazole rings is 1. The molecule has 7 nitrogen and oxygen atoms in total. The van der Waals surface area contributed by atoms with Crippen molar-refractivity contribution in [2.45, 2.75) is 4.90 Å². The summed E-state index contributed by atoms with van der Waals surface area (Å²) >= 11 is 5.79. The lowest BCUT2D eigenvalue weighted by molar-refractivity contribution is 0.486. The van der Waals surface area contributed by atoms with Gasteiger partial charge in [0.05, 0.1) is 5.69 Å². The Morgan fingerprint density at radius 3 is 2.50 bits per heavy atom. The topological polar surface area (TPSA) is 87.0 Å². The van der Waals surface area contributed by atoms with E-state index in [0.717, 1.165) is 0 Å². The maximum absolute atomic E-state index is 12.1. The van der Waals surface area contributed by atoms with Crippen LogP contribution in [0.3, 0.4) is 0 Å². The summed E-state index contributed by atoms with van der Waals surface area (Å²) in [5, 5.41) is 11.1. The van der Waals surface area contributed by atoms with Crippen LogP contribution in [0.5, 0.6) is 5.75 Å². The Kier molecular flexibility index (Phi) is 3.78. The zero-order valence-corrected chi connectivity index (χ0v) is 12.6. The molecule has 0 bridgehead atoms. The predicted octanol–water partition coefficient (Wildman–Crippen LogP) is 2.08.